The molecule has 1 heterocycles. The van der Waals surface area contributed by atoms with Gasteiger partial charge in [-0.1, -0.05) is 0 Å². The van der Waals surface area contributed by atoms with E-state index in [1.807, 2.05) is 6.92 Å². The fraction of sp³-hybridized carbons (Fsp3) is 0.600. The van der Waals surface area contributed by atoms with Crippen molar-refractivity contribution in [1.29, 1.82) is 0 Å². The maximum atomic E-state index is 13.4. The number of benzene rings is 1. The van der Waals surface area contributed by atoms with Crippen molar-refractivity contribution >= 4 is 17.6 Å². The first kappa shape index (κ1) is 20.4. The SMILES string of the molecule is CCNC(=NCC1CCN(c2ccc(F)c(F)c2)C1)NCCNC(=O)C1CC1. The zero-order valence-electron chi connectivity index (χ0n) is 16.3. The van der Waals surface area contributed by atoms with E-state index in [-0.39, 0.29) is 11.8 Å². The zero-order valence-corrected chi connectivity index (χ0v) is 16.3. The molecule has 6 nitrogen and oxygen atoms in total. The molecule has 1 atom stereocenters. The van der Waals surface area contributed by atoms with Crippen LogP contribution in [0.4, 0.5) is 14.5 Å². The van der Waals surface area contributed by atoms with Crippen molar-refractivity contribution in [3.05, 3.63) is 29.8 Å². The van der Waals surface area contributed by atoms with Crippen LogP contribution in [-0.2, 0) is 4.79 Å². The zero-order chi connectivity index (χ0) is 19.9. The van der Waals surface area contributed by atoms with Crippen molar-refractivity contribution in [1.82, 2.24) is 16.0 Å². The Morgan fingerprint density at radius 3 is 2.64 bits per heavy atom. The average molecular weight is 393 g/mol. The first-order chi connectivity index (χ1) is 13.6. The second kappa shape index (κ2) is 9.71. The highest BCUT2D eigenvalue weighted by Gasteiger charge is 2.29. The van der Waals surface area contributed by atoms with Crippen LogP contribution in [0.3, 0.4) is 0 Å². The van der Waals surface area contributed by atoms with Crippen LogP contribution < -0.4 is 20.9 Å². The number of guanidine groups is 1. The summed E-state index contributed by atoms with van der Waals surface area (Å²) < 4.78 is 26.6. The molecule has 1 aliphatic heterocycles. The number of amides is 1. The van der Waals surface area contributed by atoms with Crippen molar-refractivity contribution in [2.24, 2.45) is 16.8 Å². The molecule has 28 heavy (non-hydrogen) atoms. The van der Waals surface area contributed by atoms with E-state index in [0.717, 1.165) is 44.9 Å². The number of rotatable bonds is 8. The molecule has 3 N–H and O–H groups in total. The lowest BCUT2D eigenvalue weighted by molar-refractivity contribution is -0.122. The summed E-state index contributed by atoms with van der Waals surface area (Å²) in [6.07, 6.45) is 2.97. The van der Waals surface area contributed by atoms with Crippen molar-refractivity contribution in [3.63, 3.8) is 0 Å². The number of hydrogen-bond donors (Lipinski definition) is 3. The predicted molar refractivity (Wildman–Crippen MR) is 106 cm³/mol. The molecular weight excluding hydrogens is 364 g/mol. The highest BCUT2D eigenvalue weighted by Crippen LogP contribution is 2.28. The standard InChI is InChI=1S/C20H29F2N5O/c1-2-23-20(25-9-8-24-19(28)15-3-4-15)26-12-14-7-10-27(13-14)16-5-6-17(21)18(22)11-16/h5-6,11,14-15H,2-4,7-10,12-13H2,1H3,(H,24,28)(H2,23,25,26). The van der Waals surface area contributed by atoms with Gasteiger partial charge in [0.2, 0.25) is 5.91 Å². The number of nitrogens with one attached hydrogen (secondary N) is 3. The maximum absolute atomic E-state index is 13.4. The first-order valence-electron chi connectivity index (χ1n) is 10.1. The fourth-order valence-corrected chi connectivity index (χ4v) is 3.32. The molecular formula is C20H29F2N5O. The number of carbonyl (C=O) groups excluding carboxylic acids is 1. The lowest BCUT2D eigenvalue weighted by Gasteiger charge is -2.18. The molecule has 0 bridgehead atoms. The minimum Gasteiger partial charge on any atom is -0.371 e. The fourth-order valence-electron chi connectivity index (χ4n) is 3.32. The summed E-state index contributed by atoms with van der Waals surface area (Å²) in [4.78, 5) is 18.3. The minimum absolute atomic E-state index is 0.145. The van der Waals surface area contributed by atoms with Crippen molar-refractivity contribution in [2.45, 2.75) is 26.2 Å². The van der Waals surface area contributed by atoms with Crippen LogP contribution in [0, 0.1) is 23.5 Å². The van der Waals surface area contributed by atoms with Crippen molar-refractivity contribution < 1.29 is 13.6 Å². The van der Waals surface area contributed by atoms with Crippen LogP contribution in [0.5, 0.6) is 0 Å². The smallest absolute Gasteiger partial charge is 0.223 e. The summed E-state index contributed by atoms with van der Waals surface area (Å²) in [6.45, 7) is 6.19. The van der Waals surface area contributed by atoms with Gasteiger partial charge in [-0.15, -0.1) is 0 Å². The molecule has 1 saturated heterocycles. The van der Waals surface area contributed by atoms with Gasteiger partial charge in [-0.05, 0) is 44.2 Å². The van der Waals surface area contributed by atoms with E-state index < -0.39 is 11.6 Å². The van der Waals surface area contributed by atoms with Crippen LogP contribution in [0.25, 0.3) is 0 Å². The van der Waals surface area contributed by atoms with Gasteiger partial charge in [0.1, 0.15) is 0 Å². The maximum Gasteiger partial charge on any atom is 0.223 e. The Kier molecular flexibility index (Phi) is 7.06. The third-order valence-electron chi connectivity index (χ3n) is 5.07. The lowest BCUT2D eigenvalue weighted by Crippen LogP contribution is -2.42. The van der Waals surface area contributed by atoms with E-state index >= 15 is 0 Å². The quantitative estimate of drug-likeness (QED) is 0.358. The summed E-state index contributed by atoms with van der Waals surface area (Å²) in [5.74, 6) is -0.174. The van der Waals surface area contributed by atoms with Gasteiger partial charge in [-0.2, -0.15) is 0 Å². The summed E-state index contributed by atoms with van der Waals surface area (Å²) in [7, 11) is 0. The van der Waals surface area contributed by atoms with E-state index in [4.69, 9.17) is 0 Å². The Labute approximate surface area is 164 Å². The normalized spacial score (nSPS) is 19.6. The summed E-state index contributed by atoms with van der Waals surface area (Å²) in [6, 6.07) is 4.04. The molecule has 0 radical (unpaired) electrons. The first-order valence-corrected chi connectivity index (χ1v) is 10.1. The van der Waals surface area contributed by atoms with Gasteiger partial charge in [0, 0.05) is 56.9 Å². The molecule has 1 aromatic carbocycles. The van der Waals surface area contributed by atoms with E-state index in [1.54, 1.807) is 6.07 Å². The van der Waals surface area contributed by atoms with Gasteiger partial charge in [-0.25, -0.2) is 8.78 Å². The third-order valence-corrected chi connectivity index (χ3v) is 5.07. The topological polar surface area (TPSA) is 68.8 Å². The van der Waals surface area contributed by atoms with Crippen molar-refractivity contribution in [3.8, 4) is 0 Å². The van der Waals surface area contributed by atoms with E-state index in [2.05, 4.69) is 25.8 Å². The second-order valence-electron chi connectivity index (χ2n) is 7.41. The molecule has 2 aliphatic rings. The highest BCUT2D eigenvalue weighted by molar-refractivity contribution is 5.81. The van der Waals surface area contributed by atoms with Gasteiger partial charge in [0.05, 0.1) is 0 Å². The molecule has 1 saturated carbocycles. The van der Waals surface area contributed by atoms with Crippen LogP contribution in [0.2, 0.25) is 0 Å². The van der Waals surface area contributed by atoms with Crippen LogP contribution in [0.15, 0.2) is 23.2 Å². The number of anilines is 1. The predicted octanol–water partition coefficient (Wildman–Crippen LogP) is 1.87. The Morgan fingerprint density at radius 1 is 1.14 bits per heavy atom. The summed E-state index contributed by atoms with van der Waals surface area (Å²) >= 11 is 0. The van der Waals surface area contributed by atoms with Crippen LogP contribution >= 0.6 is 0 Å². The Morgan fingerprint density at radius 2 is 1.93 bits per heavy atom. The molecule has 8 heteroatoms. The van der Waals surface area contributed by atoms with Gasteiger partial charge < -0.3 is 20.9 Å². The number of hydrogen-bond acceptors (Lipinski definition) is 3. The second-order valence-corrected chi connectivity index (χ2v) is 7.41. The Hall–Kier alpha value is -2.38. The number of aliphatic imine (C=N–C) groups is 1. The van der Waals surface area contributed by atoms with Gasteiger partial charge in [0.15, 0.2) is 17.6 Å². The van der Waals surface area contributed by atoms with Crippen molar-refractivity contribution in [2.75, 3.05) is 44.2 Å². The van der Waals surface area contributed by atoms with E-state index in [0.29, 0.717) is 31.2 Å². The average Bonchev–Trinajstić information content (AvgIpc) is 3.43. The molecule has 1 aromatic rings. The summed E-state index contributed by atoms with van der Waals surface area (Å²) in [5, 5.41) is 9.37. The van der Waals surface area contributed by atoms with E-state index in [1.165, 1.54) is 12.1 Å². The van der Waals surface area contributed by atoms with Crippen LogP contribution in [0.1, 0.15) is 26.2 Å². The summed E-state index contributed by atoms with van der Waals surface area (Å²) in [5.41, 5.74) is 0.710. The Balaban J connectivity index is 1.43. The molecule has 3 rings (SSSR count). The molecule has 2 fully saturated rings. The molecule has 1 aliphatic carbocycles. The molecule has 154 valence electrons. The monoisotopic (exact) mass is 393 g/mol. The molecule has 0 spiro atoms. The highest BCUT2D eigenvalue weighted by atomic mass is 19.2. The van der Waals surface area contributed by atoms with Gasteiger partial charge in [0.25, 0.3) is 0 Å². The number of halogens is 2. The minimum atomic E-state index is -0.821. The van der Waals surface area contributed by atoms with E-state index in [9.17, 15) is 13.6 Å². The molecule has 1 unspecified atom stereocenters. The molecule has 1 amide bonds. The number of nitrogens with zero attached hydrogens (tertiary/aromatic N) is 2. The largest absolute Gasteiger partial charge is 0.371 e. The lowest BCUT2D eigenvalue weighted by atomic mass is 10.1. The third kappa shape index (κ3) is 5.81. The molecule has 0 aromatic heterocycles. The number of carbonyl (C=O) groups is 1. The van der Waals surface area contributed by atoms with Crippen LogP contribution in [-0.4, -0.2) is 51.1 Å². The Bertz CT molecular complexity index is 708. The van der Waals surface area contributed by atoms with Gasteiger partial charge >= 0.3 is 0 Å². The van der Waals surface area contributed by atoms with Gasteiger partial charge in [-0.3, -0.25) is 9.79 Å².